The van der Waals surface area contributed by atoms with Crippen molar-refractivity contribution in [2.45, 2.75) is 11.8 Å². The Morgan fingerprint density at radius 2 is 2.33 bits per heavy atom. The average Bonchev–Trinajstić information content (AvgIpc) is 2.49. The minimum Gasteiger partial charge on any atom is -0.220 e. The van der Waals surface area contributed by atoms with Gasteiger partial charge in [-0.15, -0.1) is 0 Å². The lowest BCUT2D eigenvalue weighted by molar-refractivity contribution is 0.845. The fourth-order valence-corrected chi connectivity index (χ4v) is 1.40. The van der Waals surface area contributed by atoms with E-state index >= 15 is 0 Å². The summed E-state index contributed by atoms with van der Waals surface area (Å²) in [7, 11) is 0. The Kier molecular flexibility index (Phi) is 1.80. The average molecular weight is 227 g/mol. The van der Waals surface area contributed by atoms with Crippen molar-refractivity contribution in [2.75, 3.05) is 0 Å². The lowest BCUT2D eigenvalue weighted by atomic mass is 10.3. The highest BCUT2D eigenvalue weighted by Crippen LogP contribution is 2.20. The largest absolute Gasteiger partial charge is 0.252 e. The van der Waals surface area contributed by atoms with Crippen molar-refractivity contribution in [2.24, 2.45) is 0 Å². The molecule has 12 heavy (non-hydrogen) atoms. The molecule has 0 aromatic carbocycles. The van der Waals surface area contributed by atoms with Crippen molar-refractivity contribution in [3.8, 4) is 0 Å². The first-order valence-corrected chi connectivity index (χ1v) is 4.49. The lowest BCUT2D eigenvalue weighted by Gasteiger charge is -2.03. The minimum absolute atomic E-state index is 0.254. The van der Waals surface area contributed by atoms with E-state index in [1.54, 1.807) is 10.7 Å². The van der Waals surface area contributed by atoms with Gasteiger partial charge in [-0.3, -0.25) is 0 Å². The van der Waals surface area contributed by atoms with Gasteiger partial charge in [-0.25, -0.2) is 9.50 Å². The fourth-order valence-electron chi connectivity index (χ4n) is 1.06. The predicted molar refractivity (Wildman–Crippen MR) is 48.1 cm³/mol. The fraction of sp³-hybridized carbons (Fsp3) is 0.286. The van der Waals surface area contributed by atoms with Crippen molar-refractivity contribution in [3.63, 3.8) is 0 Å². The molecule has 0 amide bonds. The molecular weight excluding hydrogens is 220 g/mol. The van der Waals surface area contributed by atoms with Crippen LogP contribution < -0.4 is 0 Å². The molecule has 62 valence electrons. The maximum Gasteiger partial charge on any atom is 0.252 e. The minimum atomic E-state index is 0.254. The standard InChI is InChI=1S/C7H7BrN4/c1-5(8)6-2-3-9-7-10-4-11-12(6)7/h2-5H,1H3. The van der Waals surface area contributed by atoms with Crippen LogP contribution in [0.1, 0.15) is 17.4 Å². The van der Waals surface area contributed by atoms with E-state index in [1.165, 1.54) is 6.33 Å². The van der Waals surface area contributed by atoms with Gasteiger partial charge < -0.3 is 0 Å². The van der Waals surface area contributed by atoms with Crippen LogP contribution in [-0.2, 0) is 0 Å². The summed E-state index contributed by atoms with van der Waals surface area (Å²) in [6, 6.07) is 1.92. The lowest BCUT2D eigenvalue weighted by Crippen LogP contribution is -1.99. The quantitative estimate of drug-likeness (QED) is 0.694. The zero-order valence-corrected chi connectivity index (χ0v) is 8.06. The van der Waals surface area contributed by atoms with Crippen molar-refractivity contribution in [1.82, 2.24) is 19.6 Å². The molecule has 0 radical (unpaired) electrons. The summed E-state index contributed by atoms with van der Waals surface area (Å²) in [6.07, 6.45) is 3.23. The van der Waals surface area contributed by atoms with E-state index in [-0.39, 0.29) is 4.83 Å². The second-order valence-electron chi connectivity index (χ2n) is 2.46. The third-order valence-electron chi connectivity index (χ3n) is 1.62. The number of hydrogen-bond donors (Lipinski definition) is 0. The van der Waals surface area contributed by atoms with E-state index in [0.717, 1.165) is 5.69 Å². The van der Waals surface area contributed by atoms with Crippen LogP contribution >= 0.6 is 15.9 Å². The highest BCUT2D eigenvalue weighted by molar-refractivity contribution is 9.09. The molecule has 0 aliphatic heterocycles. The molecule has 0 saturated carbocycles. The van der Waals surface area contributed by atoms with Gasteiger partial charge in [-0.1, -0.05) is 15.9 Å². The second-order valence-corrected chi connectivity index (χ2v) is 3.83. The van der Waals surface area contributed by atoms with Crippen LogP contribution in [0.3, 0.4) is 0 Å². The Balaban J connectivity index is 2.73. The first kappa shape index (κ1) is 7.67. The number of alkyl halides is 1. The van der Waals surface area contributed by atoms with Gasteiger partial charge in [-0.2, -0.15) is 10.1 Å². The SMILES string of the molecule is CC(Br)c1ccnc2ncnn12. The molecule has 0 bridgehead atoms. The van der Waals surface area contributed by atoms with Crippen LogP contribution in [0, 0.1) is 0 Å². The van der Waals surface area contributed by atoms with E-state index in [0.29, 0.717) is 5.78 Å². The Morgan fingerprint density at radius 1 is 1.50 bits per heavy atom. The van der Waals surface area contributed by atoms with Crippen molar-refractivity contribution < 1.29 is 0 Å². The summed E-state index contributed by atoms with van der Waals surface area (Å²) < 4.78 is 1.72. The molecule has 2 heterocycles. The van der Waals surface area contributed by atoms with Gasteiger partial charge in [0.2, 0.25) is 0 Å². The summed E-state index contributed by atoms with van der Waals surface area (Å²) in [4.78, 5) is 8.29. The molecule has 0 N–H and O–H groups in total. The molecule has 2 aromatic heterocycles. The van der Waals surface area contributed by atoms with Crippen molar-refractivity contribution >= 4 is 21.7 Å². The van der Waals surface area contributed by atoms with Gasteiger partial charge in [0.05, 0.1) is 10.5 Å². The van der Waals surface area contributed by atoms with Crippen molar-refractivity contribution in [3.05, 3.63) is 24.3 Å². The zero-order chi connectivity index (χ0) is 8.55. The molecule has 2 rings (SSSR count). The van der Waals surface area contributed by atoms with Gasteiger partial charge in [0.15, 0.2) is 0 Å². The highest BCUT2D eigenvalue weighted by Gasteiger charge is 2.06. The number of aromatic nitrogens is 4. The van der Waals surface area contributed by atoms with E-state index in [2.05, 4.69) is 31.0 Å². The van der Waals surface area contributed by atoms with E-state index in [9.17, 15) is 0 Å². The summed E-state index contributed by atoms with van der Waals surface area (Å²) in [6.45, 7) is 2.04. The summed E-state index contributed by atoms with van der Waals surface area (Å²) in [5.41, 5.74) is 1.05. The van der Waals surface area contributed by atoms with Crippen LogP contribution in [-0.4, -0.2) is 19.6 Å². The van der Waals surface area contributed by atoms with Gasteiger partial charge >= 0.3 is 0 Å². The molecule has 0 aliphatic carbocycles. The second kappa shape index (κ2) is 2.82. The Bertz CT molecular complexity index is 395. The van der Waals surface area contributed by atoms with Crippen molar-refractivity contribution in [1.29, 1.82) is 0 Å². The van der Waals surface area contributed by atoms with Crippen LogP contribution in [0.15, 0.2) is 18.6 Å². The number of halogens is 1. The molecule has 0 fully saturated rings. The summed E-state index contributed by atoms with van der Waals surface area (Å²) >= 11 is 3.47. The Morgan fingerprint density at radius 3 is 3.08 bits per heavy atom. The molecule has 0 aliphatic rings. The van der Waals surface area contributed by atoms with Crippen LogP contribution in [0.5, 0.6) is 0 Å². The third kappa shape index (κ3) is 1.10. The first-order valence-electron chi connectivity index (χ1n) is 3.58. The van der Waals surface area contributed by atoms with Gasteiger partial charge in [-0.05, 0) is 13.0 Å². The summed E-state index contributed by atoms with van der Waals surface area (Å²) in [5.74, 6) is 0.638. The monoisotopic (exact) mass is 226 g/mol. The maximum absolute atomic E-state index is 4.05. The topological polar surface area (TPSA) is 43.1 Å². The molecule has 1 unspecified atom stereocenters. The highest BCUT2D eigenvalue weighted by atomic mass is 79.9. The molecule has 2 aromatic rings. The maximum atomic E-state index is 4.05. The van der Waals surface area contributed by atoms with E-state index in [1.807, 2.05) is 13.0 Å². The molecule has 0 spiro atoms. The smallest absolute Gasteiger partial charge is 0.220 e. The number of nitrogens with zero attached hydrogens (tertiary/aromatic N) is 4. The first-order chi connectivity index (χ1) is 5.79. The zero-order valence-electron chi connectivity index (χ0n) is 6.48. The number of fused-ring (bicyclic) bond motifs is 1. The predicted octanol–water partition coefficient (Wildman–Crippen LogP) is 1.58. The molecule has 4 nitrogen and oxygen atoms in total. The Hall–Kier alpha value is -0.970. The molecular formula is C7H7BrN4. The van der Waals surface area contributed by atoms with E-state index < -0.39 is 0 Å². The van der Waals surface area contributed by atoms with Gasteiger partial charge in [0.25, 0.3) is 5.78 Å². The Labute approximate surface area is 77.8 Å². The van der Waals surface area contributed by atoms with Crippen LogP contribution in [0.2, 0.25) is 0 Å². The number of rotatable bonds is 1. The number of hydrogen-bond acceptors (Lipinski definition) is 3. The third-order valence-corrected chi connectivity index (χ3v) is 2.09. The molecule has 1 atom stereocenters. The van der Waals surface area contributed by atoms with Gasteiger partial charge in [0, 0.05) is 6.20 Å². The van der Waals surface area contributed by atoms with Crippen LogP contribution in [0.4, 0.5) is 0 Å². The van der Waals surface area contributed by atoms with E-state index in [4.69, 9.17) is 0 Å². The molecule has 5 heteroatoms. The molecule has 0 saturated heterocycles. The summed E-state index contributed by atoms with van der Waals surface area (Å²) in [5, 5.41) is 4.05. The van der Waals surface area contributed by atoms with Crippen LogP contribution in [0.25, 0.3) is 5.78 Å². The normalized spacial score (nSPS) is 13.5. The van der Waals surface area contributed by atoms with Gasteiger partial charge in [0.1, 0.15) is 6.33 Å².